The fourth-order valence-electron chi connectivity index (χ4n) is 2.27. The molecule has 0 bridgehead atoms. The van der Waals surface area contributed by atoms with Gasteiger partial charge in [0.15, 0.2) is 0 Å². The molecule has 84 valence electrons. The largest absolute Gasteiger partial charge is 0.312 e. The number of hydrogen-bond acceptors (Lipinski definition) is 2. The summed E-state index contributed by atoms with van der Waals surface area (Å²) >= 11 is 0. The Morgan fingerprint density at radius 1 is 1.14 bits per heavy atom. The van der Waals surface area contributed by atoms with Gasteiger partial charge in [-0.3, -0.25) is 0 Å². The number of hydrogen-bond donors (Lipinski definition) is 1. The van der Waals surface area contributed by atoms with Crippen LogP contribution in [0.3, 0.4) is 0 Å². The molecule has 1 fully saturated rings. The van der Waals surface area contributed by atoms with Crippen molar-refractivity contribution < 1.29 is 0 Å². The predicted octanol–water partition coefficient (Wildman–Crippen LogP) is 2.10. The van der Waals surface area contributed by atoms with Gasteiger partial charge in [-0.2, -0.15) is 0 Å². The summed E-state index contributed by atoms with van der Waals surface area (Å²) in [5.41, 5.74) is 0. The van der Waals surface area contributed by atoms with Gasteiger partial charge in [0.05, 0.1) is 0 Å². The highest BCUT2D eigenvalue weighted by Crippen LogP contribution is 2.12. The van der Waals surface area contributed by atoms with E-state index >= 15 is 0 Å². The van der Waals surface area contributed by atoms with Crippen molar-refractivity contribution in [2.24, 2.45) is 5.92 Å². The Hall–Kier alpha value is -0.0800. The van der Waals surface area contributed by atoms with Crippen molar-refractivity contribution in [3.05, 3.63) is 0 Å². The zero-order chi connectivity index (χ0) is 10.6. The quantitative estimate of drug-likeness (QED) is 0.744. The van der Waals surface area contributed by atoms with Crippen molar-refractivity contribution in [1.82, 2.24) is 10.2 Å². The van der Waals surface area contributed by atoms with Gasteiger partial charge in [-0.05, 0) is 31.8 Å². The highest BCUT2D eigenvalue weighted by molar-refractivity contribution is 4.78. The molecule has 0 radical (unpaired) electrons. The molecule has 1 N–H and O–H groups in total. The van der Waals surface area contributed by atoms with Crippen LogP contribution in [0, 0.1) is 5.92 Å². The van der Waals surface area contributed by atoms with Crippen molar-refractivity contribution >= 4 is 0 Å². The normalized spacial score (nSPS) is 21.0. The molecule has 0 aromatic heterocycles. The molecule has 1 aliphatic rings. The fourth-order valence-corrected chi connectivity index (χ4v) is 2.27. The van der Waals surface area contributed by atoms with Gasteiger partial charge in [0, 0.05) is 18.6 Å². The first-order chi connectivity index (χ1) is 6.58. The fraction of sp³-hybridized carbons (Fsp3) is 1.00. The van der Waals surface area contributed by atoms with Gasteiger partial charge >= 0.3 is 0 Å². The van der Waals surface area contributed by atoms with Crippen LogP contribution in [0.25, 0.3) is 0 Å². The van der Waals surface area contributed by atoms with Crippen LogP contribution < -0.4 is 5.32 Å². The summed E-state index contributed by atoms with van der Waals surface area (Å²) in [6.45, 7) is 12.9. The number of rotatable bonds is 4. The van der Waals surface area contributed by atoms with Crippen molar-refractivity contribution in [3.63, 3.8) is 0 Å². The third-order valence-electron chi connectivity index (χ3n) is 2.78. The second-order valence-corrected chi connectivity index (χ2v) is 5.29. The Balaban J connectivity index is 2.17. The third-order valence-corrected chi connectivity index (χ3v) is 2.78. The lowest BCUT2D eigenvalue weighted by Gasteiger charge is -2.34. The molecule has 0 amide bonds. The molecule has 2 heteroatoms. The highest BCUT2D eigenvalue weighted by Gasteiger charge is 2.19. The summed E-state index contributed by atoms with van der Waals surface area (Å²) in [4.78, 5) is 2.60. The van der Waals surface area contributed by atoms with Gasteiger partial charge in [-0.1, -0.05) is 27.7 Å². The van der Waals surface area contributed by atoms with Crippen LogP contribution in [0.5, 0.6) is 0 Å². The van der Waals surface area contributed by atoms with Crippen LogP contribution in [0.15, 0.2) is 0 Å². The van der Waals surface area contributed by atoms with E-state index in [2.05, 4.69) is 37.9 Å². The molecule has 1 saturated heterocycles. The van der Waals surface area contributed by atoms with E-state index < -0.39 is 0 Å². The molecule has 0 aliphatic carbocycles. The first-order valence-corrected chi connectivity index (χ1v) is 6.06. The van der Waals surface area contributed by atoms with Crippen molar-refractivity contribution in [2.75, 3.05) is 19.6 Å². The summed E-state index contributed by atoms with van der Waals surface area (Å²) in [6.07, 6.45) is 2.65. The van der Waals surface area contributed by atoms with E-state index in [1.807, 2.05) is 0 Å². The lowest BCUT2D eigenvalue weighted by molar-refractivity contribution is 0.176. The third kappa shape index (κ3) is 4.43. The maximum absolute atomic E-state index is 3.63. The monoisotopic (exact) mass is 198 g/mol. The maximum Gasteiger partial charge on any atom is 0.00937 e. The van der Waals surface area contributed by atoms with E-state index in [1.165, 1.54) is 32.5 Å². The zero-order valence-electron chi connectivity index (χ0n) is 10.2. The number of nitrogens with zero attached hydrogens (tertiary/aromatic N) is 1. The summed E-state index contributed by atoms with van der Waals surface area (Å²) < 4.78 is 0. The van der Waals surface area contributed by atoms with Gasteiger partial charge in [0.1, 0.15) is 0 Å². The molecular weight excluding hydrogens is 172 g/mol. The first-order valence-electron chi connectivity index (χ1n) is 6.06. The summed E-state index contributed by atoms with van der Waals surface area (Å²) in [5.74, 6) is 0.810. The number of nitrogens with one attached hydrogen (secondary N) is 1. The minimum Gasteiger partial charge on any atom is -0.312 e. The molecule has 2 nitrogen and oxygen atoms in total. The van der Waals surface area contributed by atoms with Crippen LogP contribution in [0.2, 0.25) is 0 Å². The molecule has 14 heavy (non-hydrogen) atoms. The van der Waals surface area contributed by atoms with E-state index in [1.54, 1.807) is 0 Å². The number of piperidine rings is 1. The molecule has 0 aromatic carbocycles. The minimum atomic E-state index is 0.636. The number of likely N-dealkylation sites (tertiary alicyclic amines) is 1. The molecule has 0 atom stereocenters. The molecule has 1 heterocycles. The van der Waals surface area contributed by atoms with Gasteiger partial charge in [0.2, 0.25) is 0 Å². The highest BCUT2D eigenvalue weighted by atomic mass is 15.1. The van der Waals surface area contributed by atoms with Crippen LogP contribution >= 0.6 is 0 Å². The molecular formula is C12H26N2. The van der Waals surface area contributed by atoms with Gasteiger partial charge in [0.25, 0.3) is 0 Å². The summed E-state index contributed by atoms with van der Waals surface area (Å²) in [6, 6.07) is 1.40. The average molecular weight is 198 g/mol. The van der Waals surface area contributed by atoms with Crippen LogP contribution in [-0.4, -0.2) is 36.6 Å². The first kappa shape index (κ1) is 12.0. The summed E-state index contributed by atoms with van der Waals surface area (Å²) in [5, 5.41) is 3.63. The average Bonchev–Trinajstić information content (AvgIpc) is 2.06. The molecule has 1 aliphatic heterocycles. The lowest BCUT2D eigenvalue weighted by Crippen LogP contribution is -2.45. The second kappa shape index (κ2) is 5.72. The molecule has 0 unspecified atom stereocenters. The Labute approximate surface area is 89.1 Å². The lowest BCUT2D eigenvalue weighted by atomic mass is 10.0. The van der Waals surface area contributed by atoms with Crippen molar-refractivity contribution in [2.45, 2.75) is 52.6 Å². The minimum absolute atomic E-state index is 0.636. The Morgan fingerprint density at radius 3 is 2.14 bits per heavy atom. The van der Waals surface area contributed by atoms with Crippen molar-refractivity contribution in [3.8, 4) is 0 Å². The van der Waals surface area contributed by atoms with E-state index in [0.29, 0.717) is 6.04 Å². The Bertz CT molecular complexity index is 128. The Morgan fingerprint density at radius 2 is 1.71 bits per heavy atom. The Kier molecular flexibility index (Phi) is 4.90. The topological polar surface area (TPSA) is 15.3 Å². The maximum atomic E-state index is 3.63. The van der Waals surface area contributed by atoms with Gasteiger partial charge in [-0.15, -0.1) is 0 Å². The van der Waals surface area contributed by atoms with Crippen LogP contribution in [0.1, 0.15) is 40.5 Å². The summed E-state index contributed by atoms with van der Waals surface area (Å²) in [7, 11) is 0. The standard InChI is InChI=1S/C12H26N2/c1-10(2)9-14-7-5-12(6-8-14)13-11(3)4/h10-13H,5-9H2,1-4H3. The van der Waals surface area contributed by atoms with E-state index in [-0.39, 0.29) is 0 Å². The van der Waals surface area contributed by atoms with E-state index in [0.717, 1.165) is 12.0 Å². The molecule has 1 rings (SSSR count). The van der Waals surface area contributed by atoms with Crippen LogP contribution in [0.4, 0.5) is 0 Å². The molecule has 0 saturated carbocycles. The van der Waals surface area contributed by atoms with Crippen LogP contribution in [-0.2, 0) is 0 Å². The molecule has 0 spiro atoms. The van der Waals surface area contributed by atoms with Gasteiger partial charge in [-0.25, -0.2) is 0 Å². The van der Waals surface area contributed by atoms with Gasteiger partial charge < -0.3 is 10.2 Å². The smallest absolute Gasteiger partial charge is 0.00937 e. The van der Waals surface area contributed by atoms with Crippen molar-refractivity contribution in [1.29, 1.82) is 0 Å². The molecule has 0 aromatic rings. The second-order valence-electron chi connectivity index (χ2n) is 5.29. The zero-order valence-corrected chi connectivity index (χ0v) is 10.2. The van der Waals surface area contributed by atoms with E-state index in [4.69, 9.17) is 0 Å². The van der Waals surface area contributed by atoms with E-state index in [9.17, 15) is 0 Å². The SMILES string of the molecule is CC(C)CN1CCC(NC(C)C)CC1. The predicted molar refractivity (Wildman–Crippen MR) is 62.6 cm³/mol.